The first-order valence-corrected chi connectivity index (χ1v) is 6.61. The second-order valence-electron chi connectivity index (χ2n) is 4.16. The van der Waals surface area contributed by atoms with Crippen LogP contribution in [0.4, 0.5) is 0 Å². The average Bonchev–Trinajstić information content (AvgIpc) is 2.59. The summed E-state index contributed by atoms with van der Waals surface area (Å²) >= 11 is 8.27. The molecule has 0 saturated heterocycles. The lowest BCUT2D eigenvalue weighted by atomic mass is 10.1. The van der Waals surface area contributed by atoms with Gasteiger partial charge in [0.15, 0.2) is 0 Å². The van der Waals surface area contributed by atoms with Gasteiger partial charge in [0.2, 0.25) is 0 Å². The Bertz CT molecular complexity index is 462. The molecular formula is C14H15ClS. The highest BCUT2D eigenvalue weighted by atomic mass is 35.5. The third-order valence-electron chi connectivity index (χ3n) is 2.80. The minimum absolute atomic E-state index is 0.0157. The molecule has 0 spiro atoms. The number of benzene rings is 1. The van der Waals surface area contributed by atoms with E-state index < -0.39 is 0 Å². The molecule has 1 atom stereocenters. The third-order valence-corrected chi connectivity index (χ3v) is 4.64. The Balaban J connectivity index is 2.31. The van der Waals surface area contributed by atoms with Gasteiger partial charge in [-0.3, -0.25) is 0 Å². The lowest BCUT2D eigenvalue weighted by Gasteiger charge is -2.07. The van der Waals surface area contributed by atoms with Gasteiger partial charge in [0.05, 0.1) is 5.38 Å². The van der Waals surface area contributed by atoms with Crippen LogP contribution in [0.15, 0.2) is 30.3 Å². The topological polar surface area (TPSA) is 0 Å². The second kappa shape index (κ2) is 4.60. The standard InChI is InChI=1S/C14H15ClS/c1-9-4-6-12(7-5-9)14(15)13-8-10(2)11(3)16-13/h4-8,14H,1-3H3. The fourth-order valence-corrected chi connectivity index (χ4v) is 3.02. The summed E-state index contributed by atoms with van der Waals surface area (Å²) in [6, 6.07) is 10.6. The van der Waals surface area contributed by atoms with Crippen molar-refractivity contribution >= 4 is 22.9 Å². The molecule has 0 N–H and O–H groups in total. The van der Waals surface area contributed by atoms with E-state index >= 15 is 0 Å². The zero-order valence-electron chi connectivity index (χ0n) is 9.75. The van der Waals surface area contributed by atoms with E-state index in [2.05, 4.69) is 51.1 Å². The smallest absolute Gasteiger partial charge is 0.0927 e. The third kappa shape index (κ3) is 2.31. The van der Waals surface area contributed by atoms with E-state index in [1.54, 1.807) is 11.3 Å². The molecule has 2 heteroatoms. The molecule has 0 aliphatic heterocycles. The van der Waals surface area contributed by atoms with Crippen molar-refractivity contribution in [2.24, 2.45) is 0 Å². The molecule has 16 heavy (non-hydrogen) atoms. The minimum Gasteiger partial charge on any atom is -0.143 e. The van der Waals surface area contributed by atoms with Gasteiger partial charge in [0.1, 0.15) is 0 Å². The maximum absolute atomic E-state index is 6.48. The quantitative estimate of drug-likeness (QED) is 0.658. The first-order chi connectivity index (χ1) is 7.58. The first kappa shape index (κ1) is 11.7. The Morgan fingerprint density at radius 1 is 1.06 bits per heavy atom. The van der Waals surface area contributed by atoms with Gasteiger partial charge < -0.3 is 0 Å². The van der Waals surface area contributed by atoms with Crippen molar-refractivity contribution in [2.75, 3.05) is 0 Å². The van der Waals surface area contributed by atoms with Crippen molar-refractivity contribution in [3.63, 3.8) is 0 Å². The number of alkyl halides is 1. The molecule has 0 fully saturated rings. The largest absolute Gasteiger partial charge is 0.143 e. The van der Waals surface area contributed by atoms with E-state index in [9.17, 15) is 0 Å². The van der Waals surface area contributed by atoms with Gasteiger partial charge in [-0.1, -0.05) is 29.8 Å². The Kier molecular flexibility index (Phi) is 3.36. The van der Waals surface area contributed by atoms with Crippen LogP contribution in [0.2, 0.25) is 0 Å². The monoisotopic (exact) mass is 250 g/mol. The minimum atomic E-state index is -0.0157. The van der Waals surface area contributed by atoms with Gasteiger partial charge in [0, 0.05) is 9.75 Å². The summed E-state index contributed by atoms with van der Waals surface area (Å²) in [5.41, 5.74) is 3.78. The summed E-state index contributed by atoms with van der Waals surface area (Å²) in [4.78, 5) is 2.59. The van der Waals surface area contributed by atoms with Gasteiger partial charge in [-0.25, -0.2) is 0 Å². The summed E-state index contributed by atoms with van der Waals surface area (Å²) in [5.74, 6) is 0. The zero-order valence-corrected chi connectivity index (χ0v) is 11.3. The van der Waals surface area contributed by atoms with Gasteiger partial charge in [-0.15, -0.1) is 22.9 Å². The van der Waals surface area contributed by atoms with Crippen molar-refractivity contribution in [2.45, 2.75) is 26.1 Å². The van der Waals surface area contributed by atoms with E-state index in [0.717, 1.165) is 0 Å². The Labute approximate surface area is 106 Å². The highest BCUT2D eigenvalue weighted by Crippen LogP contribution is 2.35. The van der Waals surface area contributed by atoms with Gasteiger partial charge in [-0.2, -0.15) is 0 Å². The molecule has 0 aliphatic rings. The molecule has 0 aliphatic carbocycles. The predicted octanol–water partition coefficient (Wildman–Crippen LogP) is 5.00. The summed E-state index contributed by atoms with van der Waals surface area (Å²) in [6.45, 7) is 6.36. The molecule has 1 unspecified atom stereocenters. The predicted molar refractivity (Wildman–Crippen MR) is 72.7 cm³/mol. The van der Waals surface area contributed by atoms with Crippen LogP contribution in [0.25, 0.3) is 0 Å². The number of halogens is 1. The highest BCUT2D eigenvalue weighted by Gasteiger charge is 2.13. The van der Waals surface area contributed by atoms with Crippen molar-refractivity contribution in [1.82, 2.24) is 0 Å². The number of hydrogen-bond acceptors (Lipinski definition) is 1. The molecular weight excluding hydrogens is 236 g/mol. The van der Waals surface area contributed by atoms with Gasteiger partial charge in [0.25, 0.3) is 0 Å². The molecule has 0 radical (unpaired) electrons. The molecule has 2 aromatic rings. The van der Waals surface area contributed by atoms with Crippen LogP contribution >= 0.6 is 22.9 Å². The molecule has 0 bridgehead atoms. The normalized spacial score (nSPS) is 12.8. The maximum Gasteiger partial charge on any atom is 0.0927 e. The summed E-state index contributed by atoms with van der Waals surface area (Å²) in [7, 11) is 0. The van der Waals surface area contributed by atoms with E-state index in [0.29, 0.717) is 0 Å². The molecule has 0 amide bonds. The molecule has 2 rings (SSSR count). The summed E-state index contributed by atoms with van der Waals surface area (Å²) in [6.07, 6.45) is 0. The molecule has 1 aromatic heterocycles. The SMILES string of the molecule is Cc1ccc(C(Cl)c2cc(C)c(C)s2)cc1. The maximum atomic E-state index is 6.48. The number of aryl methyl sites for hydroxylation is 3. The van der Waals surface area contributed by atoms with Crippen molar-refractivity contribution < 1.29 is 0 Å². The molecule has 0 saturated carbocycles. The Morgan fingerprint density at radius 2 is 1.69 bits per heavy atom. The fourth-order valence-electron chi connectivity index (χ4n) is 1.63. The van der Waals surface area contributed by atoms with Crippen LogP contribution < -0.4 is 0 Å². The lowest BCUT2D eigenvalue weighted by Crippen LogP contribution is -1.89. The highest BCUT2D eigenvalue weighted by molar-refractivity contribution is 7.12. The Hall–Kier alpha value is -0.790. The molecule has 1 heterocycles. The van der Waals surface area contributed by atoms with Crippen LogP contribution in [-0.2, 0) is 0 Å². The van der Waals surface area contributed by atoms with Crippen LogP contribution in [0, 0.1) is 20.8 Å². The van der Waals surface area contributed by atoms with E-state index in [4.69, 9.17) is 11.6 Å². The number of rotatable bonds is 2. The molecule has 1 aromatic carbocycles. The van der Waals surface area contributed by atoms with Crippen LogP contribution in [0.5, 0.6) is 0 Å². The number of hydrogen-bond donors (Lipinski definition) is 0. The molecule has 84 valence electrons. The first-order valence-electron chi connectivity index (χ1n) is 5.35. The fraction of sp³-hybridized carbons (Fsp3) is 0.286. The summed E-state index contributed by atoms with van der Waals surface area (Å²) in [5, 5.41) is -0.0157. The molecule has 0 nitrogen and oxygen atoms in total. The van der Waals surface area contributed by atoms with Crippen molar-refractivity contribution in [3.05, 3.63) is 56.8 Å². The average molecular weight is 251 g/mol. The Morgan fingerprint density at radius 3 is 2.19 bits per heavy atom. The van der Waals surface area contributed by atoms with Crippen LogP contribution in [0.1, 0.15) is 31.8 Å². The lowest BCUT2D eigenvalue weighted by molar-refractivity contribution is 1.17. The zero-order chi connectivity index (χ0) is 11.7. The van der Waals surface area contributed by atoms with E-state index in [-0.39, 0.29) is 5.38 Å². The van der Waals surface area contributed by atoms with Gasteiger partial charge >= 0.3 is 0 Å². The van der Waals surface area contributed by atoms with Gasteiger partial charge in [-0.05, 0) is 38.0 Å². The van der Waals surface area contributed by atoms with Crippen molar-refractivity contribution in [3.8, 4) is 0 Å². The van der Waals surface area contributed by atoms with E-state index in [1.165, 1.54) is 26.4 Å². The van der Waals surface area contributed by atoms with Crippen LogP contribution in [-0.4, -0.2) is 0 Å². The summed E-state index contributed by atoms with van der Waals surface area (Å²) < 4.78 is 0. The van der Waals surface area contributed by atoms with E-state index in [1.807, 2.05) is 0 Å². The second-order valence-corrected chi connectivity index (χ2v) is 5.89. The van der Waals surface area contributed by atoms with Crippen LogP contribution in [0.3, 0.4) is 0 Å². The van der Waals surface area contributed by atoms with Crippen molar-refractivity contribution in [1.29, 1.82) is 0 Å². The number of thiophene rings is 1.